The van der Waals surface area contributed by atoms with E-state index in [1.165, 1.54) is 49.6 Å². The van der Waals surface area contributed by atoms with Crippen LogP contribution in [0, 0.1) is 5.82 Å². The Morgan fingerprint density at radius 3 is 2.70 bits per heavy atom. The van der Waals surface area contributed by atoms with Crippen molar-refractivity contribution in [3.8, 4) is 34.7 Å². The molecule has 1 aliphatic rings. The van der Waals surface area contributed by atoms with E-state index >= 15 is 4.39 Å². The molecule has 6 rings (SSSR count). The molecule has 1 aliphatic heterocycles. The maximum Gasteiger partial charge on any atom is 0.246 e. The first-order valence-corrected chi connectivity index (χ1v) is 13.0. The Morgan fingerprint density at radius 1 is 1.07 bits per heavy atom. The van der Waals surface area contributed by atoms with Crippen molar-refractivity contribution in [3.05, 3.63) is 79.7 Å². The first-order chi connectivity index (χ1) is 20.9. The summed E-state index contributed by atoms with van der Waals surface area (Å²) in [6.45, 7) is 4.36. The van der Waals surface area contributed by atoms with Gasteiger partial charge in [0.05, 0.1) is 44.7 Å². The molecule has 0 bridgehead atoms. The second kappa shape index (κ2) is 11.6. The van der Waals surface area contributed by atoms with Crippen molar-refractivity contribution < 1.29 is 28.1 Å². The molecule has 218 valence electrons. The van der Waals surface area contributed by atoms with Crippen LogP contribution in [0.5, 0.6) is 28.9 Å². The first kappa shape index (κ1) is 27.4. The molecule has 1 amide bonds. The van der Waals surface area contributed by atoms with Gasteiger partial charge in [0.25, 0.3) is 0 Å². The summed E-state index contributed by atoms with van der Waals surface area (Å²) >= 11 is 0. The summed E-state index contributed by atoms with van der Waals surface area (Å²) in [5.41, 5.74) is 0.732. The maximum absolute atomic E-state index is 15.2. The number of benzene rings is 2. The molecule has 1 N–H and O–H groups in total. The van der Waals surface area contributed by atoms with Gasteiger partial charge in [0.15, 0.2) is 17.3 Å². The fourth-order valence-corrected chi connectivity index (χ4v) is 4.38. The number of carbonyl (C=O) groups excluding carboxylic acids is 1. The minimum atomic E-state index is -0.575. The predicted molar refractivity (Wildman–Crippen MR) is 153 cm³/mol. The number of hydrogen-bond donors (Lipinski definition) is 1. The zero-order valence-electron chi connectivity index (χ0n) is 23.1. The van der Waals surface area contributed by atoms with Crippen molar-refractivity contribution in [3.63, 3.8) is 0 Å². The molecule has 4 heterocycles. The lowest BCUT2D eigenvalue weighted by atomic mass is 10.1. The smallest absolute Gasteiger partial charge is 0.246 e. The summed E-state index contributed by atoms with van der Waals surface area (Å²) in [6.07, 6.45) is 5.55. The summed E-state index contributed by atoms with van der Waals surface area (Å²) in [5.74, 6) is 1.99. The van der Waals surface area contributed by atoms with E-state index in [9.17, 15) is 4.79 Å². The van der Waals surface area contributed by atoms with Gasteiger partial charge in [-0.1, -0.05) is 6.58 Å². The van der Waals surface area contributed by atoms with Crippen LogP contribution in [0.15, 0.2) is 73.8 Å². The second-order valence-electron chi connectivity index (χ2n) is 9.35. The Morgan fingerprint density at radius 2 is 1.93 bits per heavy atom. The lowest BCUT2D eigenvalue weighted by Gasteiger charge is -2.38. The number of amides is 1. The van der Waals surface area contributed by atoms with E-state index in [-0.39, 0.29) is 29.3 Å². The van der Waals surface area contributed by atoms with Crippen molar-refractivity contribution >= 4 is 28.3 Å². The van der Waals surface area contributed by atoms with Crippen LogP contribution in [0.4, 0.5) is 15.9 Å². The summed E-state index contributed by atoms with van der Waals surface area (Å²) < 4.78 is 39.2. The first-order valence-electron chi connectivity index (χ1n) is 13.0. The Kier molecular flexibility index (Phi) is 7.39. The highest BCUT2D eigenvalue weighted by molar-refractivity contribution is 5.93. The van der Waals surface area contributed by atoms with Crippen LogP contribution in [-0.2, 0) is 4.79 Å². The van der Waals surface area contributed by atoms with Gasteiger partial charge in [0.1, 0.15) is 35.6 Å². The van der Waals surface area contributed by atoms with E-state index < -0.39 is 5.82 Å². The van der Waals surface area contributed by atoms with E-state index in [1.807, 2.05) is 0 Å². The molecule has 0 atom stereocenters. The largest absolute Gasteiger partial charge is 0.495 e. The highest BCUT2D eigenvalue weighted by atomic mass is 19.1. The van der Waals surface area contributed by atoms with E-state index in [0.717, 1.165) is 0 Å². The predicted octanol–water partition coefficient (Wildman–Crippen LogP) is 4.07. The molecule has 1 saturated heterocycles. The molecular weight excluding hydrogens is 559 g/mol. The quantitative estimate of drug-likeness (QED) is 0.238. The molecule has 14 heteroatoms. The lowest BCUT2D eigenvalue weighted by Crippen LogP contribution is -2.55. The number of nitrogens with zero attached hydrogens (tertiary/aromatic N) is 7. The van der Waals surface area contributed by atoms with Gasteiger partial charge in [-0.2, -0.15) is 5.10 Å². The summed E-state index contributed by atoms with van der Waals surface area (Å²) in [6, 6.07) is 11.1. The van der Waals surface area contributed by atoms with Crippen LogP contribution >= 0.6 is 0 Å². The molecular formula is C29H25FN8O5. The zero-order chi connectivity index (χ0) is 29.9. The van der Waals surface area contributed by atoms with Gasteiger partial charge in [0.2, 0.25) is 11.8 Å². The van der Waals surface area contributed by atoms with Crippen molar-refractivity contribution in [1.82, 2.24) is 34.8 Å². The molecule has 43 heavy (non-hydrogen) atoms. The molecule has 0 saturated carbocycles. The van der Waals surface area contributed by atoms with E-state index in [0.29, 0.717) is 52.9 Å². The van der Waals surface area contributed by atoms with Crippen molar-refractivity contribution in [2.45, 2.75) is 6.10 Å². The lowest BCUT2D eigenvalue weighted by molar-refractivity contribution is -0.134. The third-order valence-corrected chi connectivity index (χ3v) is 6.62. The number of aromatic nitrogens is 6. The van der Waals surface area contributed by atoms with E-state index in [4.69, 9.17) is 18.9 Å². The van der Waals surface area contributed by atoms with Crippen molar-refractivity contribution in [2.75, 3.05) is 32.6 Å². The number of nitrogens with one attached hydrogen (secondary N) is 1. The number of ether oxygens (including phenoxy) is 4. The zero-order valence-corrected chi connectivity index (χ0v) is 23.1. The Labute approximate surface area is 244 Å². The number of halogens is 1. The fraction of sp³-hybridized carbons (Fsp3) is 0.172. The SMILES string of the molecule is C=CC(=O)N1CC(Oc2cc3c(Nc4ccc(Oc5ccn(-c6cc(OC)cnn6)n5)cc4F)ncnc3cc2OC)C1. The van der Waals surface area contributed by atoms with Gasteiger partial charge in [-0.05, 0) is 24.3 Å². The third-order valence-electron chi connectivity index (χ3n) is 6.62. The average Bonchev–Trinajstić information content (AvgIpc) is 3.48. The number of hydrogen-bond acceptors (Lipinski definition) is 11. The summed E-state index contributed by atoms with van der Waals surface area (Å²) in [4.78, 5) is 22.0. The minimum Gasteiger partial charge on any atom is -0.495 e. The van der Waals surface area contributed by atoms with Crippen LogP contribution in [0.1, 0.15) is 0 Å². The van der Waals surface area contributed by atoms with Gasteiger partial charge in [-0.15, -0.1) is 10.2 Å². The number of carbonyl (C=O) groups is 1. The normalized spacial score (nSPS) is 12.9. The molecule has 0 aliphatic carbocycles. The van der Waals surface area contributed by atoms with Crippen LogP contribution in [-0.4, -0.2) is 74.2 Å². The number of methoxy groups -OCH3 is 2. The van der Waals surface area contributed by atoms with Gasteiger partial charge < -0.3 is 29.2 Å². The number of fused-ring (bicyclic) bond motifs is 1. The third kappa shape index (κ3) is 5.70. The van der Waals surface area contributed by atoms with Gasteiger partial charge in [-0.25, -0.2) is 19.0 Å². The van der Waals surface area contributed by atoms with Gasteiger partial charge in [0, 0.05) is 35.8 Å². The molecule has 2 aromatic carbocycles. The molecule has 0 radical (unpaired) electrons. The number of rotatable bonds is 10. The summed E-state index contributed by atoms with van der Waals surface area (Å²) in [7, 11) is 3.06. The number of likely N-dealkylation sites (tertiary alicyclic amines) is 1. The van der Waals surface area contributed by atoms with Crippen LogP contribution in [0.25, 0.3) is 16.7 Å². The van der Waals surface area contributed by atoms with Crippen molar-refractivity contribution in [1.29, 1.82) is 0 Å². The molecule has 0 spiro atoms. The molecule has 3 aromatic heterocycles. The van der Waals surface area contributed by atoms with Crippen LogP contribution in [0.3, 0.4) is 0 Å². The van der Waals surface area contributed by atoms with Crippen molar-refractivity contribution in [2.24, 2.45) is 0 Å². The Hall–Kier alpha value is -5.79. The monoisotopic (exact) mass is 584 g/mol. The van der Waals surface area contributed by atoms with Crippen LogP contribution < -0.4 is 24.3 Å². The molecule has 1 fully saturated rings. The topological polar surface area (TPSA) is 139 Å². The summed E-state index contributed by atoms with van der Waals surface area (Å²) in [5, 5.41) is 15.8. The van der Waals surface area contributed by atoms with Gasteiger partial charge in [-0.3, -0.25) is 4.79 Å². The highest BCUT2D eigenvalue weighted by Gasteiger charge is 2.31. The molecule has 5 aromatic rings. The molecule has 0 unspecified atom stereocenters. The van der Waals surface area contributed by atoms with Gasteiger partial charge >= 0.3 is 0 Å². The highest BCUT2D eigenvalue weighted by Crippen LogP contribution is 2.37. The van der Waals surface area contributed by atoms with E-state index in [2.05, 4.69) is 37.2 Å². The maximum atomic E-state index is 15.2. The second-order valence-corrected chi connectivity index (χ2v) is 9.35. The Balaban J connectivity index is 1.19. The fourth-order valence-electron chi connectivity index (χ4n) is 4.38. The number of anilines is 2. The molecule has 13 nitrogen and oxygen atoms in total. The standard InChI is InChI=1S/C29H25FN8O5/c1-4-28(39)37-14-19(15-37)42-25-11-20-23(12-24(25)41-3)31-16-32-29(20)34-22-6-5-17(9-21(22)30)43-27-7-8-38(36-27)26-10-18(40-2)13-33-35-26/h4-13,16,19H,1,14-15H2,2-3H3,(H,31,32,34). The van der Waals surface area contributed by atoms with E-state index in [1.54, 1.807) is 41.4 Å². The average molecular weight is 585 g/mol. The van der Waals surface area contributed by atoms with Crippen LogP contribution in [0.2, 0.25) is 0 Å². The Bertz CT molecular complexity index is 1820. The minimum absolute atomic E-state index is 0.151.